The molecule has 2 N–H and O–H groups in total. The Hall–Kier alpha value is -3.79. The molecule has 7 nitrogen and oxygen atoms in total. The number of nitrogens with one attached hydrogen (secondary N) is 2. The summed E-state index contributed by atoms with van der Waals surface area (Å²) in [6.45, 7) is 1.56. The van der Waals surface area contributed by atoms with E-state index in [1.807, 2.05) is 12.1 Å². The van der Waals surface area contributed by atoms with E-state index >= 15 is 0 Å². The number of oxazole rings is 1. The van der Waals surface area contributed by atoms with Crippen molar-refractivity contribution < 1.29 is 21.6 Å². The maximum Gasteiger partial charge on any atom is 0.266 e. The maximum atomic E-state index is 15.0. The molecule has 1 aliphatic rings. The lowest BCUT2D eigenvalue weighted by Crippen LogP contribution is -2.41. The number of hydrogen-bond donors (Lipinski definition) is 2. The highest BCUT2D eigenvalue weighted by Gasteiger charge is 2.32. The van der Waals surface area contributed by atoms with E-state index in [4.69, 9.17) is 4.42 Å². The van der Waals surface area contributed by atoms with Gasteiger partial charge in [-0.15, -0.1) is 0 Å². The van der Waals surface area contributed by atoms with Gasteiger partial charge in [0.15, 0.2) is 5.58 Å². The molecule has 0 fully saturated rings. The average Bonchev–Trinajstić information content (AvgIpc) is 3.20. The summed E-state index contributed by atoms with van der Waals surface area (Å²) in [4.78, 5) is 8.38. The number of aromatic nitrogens is 1. The van der Waals surface area contributed by atoms with Crippen molar-refractivity contribution in [2.45, 2.75) is 24.3 Å². The predicted molar refractivity (Wildman–Crippen MR) is 119 cm³/mol. The zero-order valence-corrected chi connectivity index (χ0v) is 18.2. The van der Waals surface area contributed by atoms with Gasteiger partial charge in [0, 0.05) is 11.5 Å². The molecule has 1 aromatic heterocycles. The number of fused-ring (bicyclic) bond motifs is 2. The van der Waals surface area contributed by atoms with Gasteiger partial charge in [0.2, 0.25) is 11.9 Å². The summed E-state index contributed by atoms with van der Waals surface area (Å²) in [5.74, 6) is -1.76. The Morgan fingerprint density at radius 2 is 1.79 bits per heavy atom. The van der Waals surface area contributed by atoms with Gasteiger partial charge in [-0.2, -0.15) is 0 Å². The molecule has 0 bridgehead atoms. The van der Waals surface area contributed by atoms with Gasteiger partial charge < -0.3 is 9.73 Å². The van der Waals surface area contributed by atoms with E-state index in [0.717, 1.165) is 12.1 Å². The van der Waals surface area contributed by atoms with Crippen LogP contribution in [0.3, 0.4) is 0 Å². The highest BCUT2D eigenvalue weighted by molar-refractivity contribution is 7.90. The fourth-order valence-corrected chi connectivity index (χ4v) is 5.02. The molecule has 168 valence electrons. The number of para-hydroxylation sites is 2. The minimum atomic E-state index is -4.04. The summed E-state index contributed by atoms with van der Waals surface area (Å²) in [5, 5.41) is 2.86. The van der Waals surface area contributed by atoms with Crippen molar-refractivity contribution in [1.82, 2.24) is 9.71 Å². The van der Waals surface area contributed by atoms with Gasteiger partial charge in [0.05, 0.1) is 5.69 Å². The molecule has 4 aromatic rings. The number of hydrogen-bond acceptors (Lipinski definition) is 5. The zero-order valence-electron chi connectivity index (χ0n) is 17.3. The second-order valence-corrected chi connectivity index (χ2v) is 9.20. The number of benzene rings is 3. The largest absolute Gasteiger partial charge is 0.439 e. The van der Waals surface area contributed by atoms with Crippen LogP contribution in [0.25, 0.3) is 11.1 Å². The Bertz CT molecular complexity index is 1480. The summed E-state index contributed by atoms with van der Waals surface area (Å²) in [6, 6.07) is 15.4. The van der Waals surface area contributed by atoms with Crippen LogP contribution in [0.2, 0.25) is 0 Å². The average molecular weight is 468 g/mol. The Morgan fingerprint density at radius 1 is 1.03 bits per heavy atom. The summed E-state index contributed by atoms with van der Waals surface area (Å²) in [7, 11) is -4.04. The molecule has 33 heavy (non-hydrogen) atoms. The first-order valence-corrected chi connectivity index (χ1v) is 11.6. The molecular formula is C23H18F2N4O3S. The molecule has 0 amide bonds. The zero-order chi connectivity index (χ0) is 23.2. The van der Waals surface area contributed by atoms with Gasteiger partial charge in [-0.1, -0.05) is 37.3 Å². The standard InChI is InChI=1S/C23H18F2N4O3S/c1-13(14-6-2-3-7-15(14)24)21-16(25)10-11-19-22(21)28-23(29-33(19,30)31)26-12-20-27-17-8-4-5-9-18(17)32-20/h2-11,13H,12H2,1H3,(H2,26,28,29). The van der Waals surface area contributed by atoms with Gasteiger partial charge >= 0.3 is 0 Å². The first-order chi connectivity index (χ1) is 15.8. The number of rotatable bonds is 4. The van der Waals surface area contributed by atoms with Crippen LogP contribution in [0.15, 0.2) is 75.0 Å². The fraction of sp³-hybridized carbons (Fsp3) is 0.130. The van der Waals surface area contributed by atoms with Crippen LogP contribution in [0.5, 0.6) is 0 Å². The van der Waals surface area contributed by atoms with E-state index in [1.54, 1.807) is 25.1 Å². The first kappa shape index (κ1) is 21.1. The van der Waals surface area contributed by atoms with Crippen LogP contribution in [-0.2, 0) is 16.6 Å². The van der Waals surface area contributed by atoms with Crippen molar-refractivity contribution >= 4 is 32.8 Å². The van der Waals surface area contributed by atoms with E-state index in [9.17, 15) is 17.2 Å². The number of anilines is 1. The molecule has 0 saturated carbocycles. The SMILES string of the molecule is CC(c1ccccc1F)c1c(F)ccc2c1NC(=NCc1nc3ccccc3o1)NS2(=O)=O. The molecule has 1 atom stereocenters. The van der Waals surface area contributed by atoms with Crippen LogP contribution in [0.1, 0.15) is 29.9 Å². The Morgan fingerprint density at radius 3 is 2.58 bits per heavy atom. The van der Waals surface area contributed by atoms with Crippen LogP contribution in [0, 0.1) is 11.6 Å². The minimum absolute atomic E-state index is 0.0146. The molecular weight excluding hydrogens is 450 g/mol. The quantitative estimate of drug-likeness (QED) is 0.459. The van der Waals surface area contributed by atoms with E-state index in [0.29, 0.717) is 11.1 Å². The number of sulfonamides is 1. The number of halogens is 2. The van der Waals surface area contributed by atoms with E-state index in [2.05, 4.69) is 20.0 Å². The fourth-order valence-electron chi connectivity index (χ4n) is 3.86. The number of guanidine groups is 1. The molecule has 0 aliphatic carbocycles. The second-order valence-electron chi connectivity index (χ2n) is 7.55. The van der Waals surface area contributed by atoms with Crippen molar-refractivity contribution in [3.63, 3.8) is 0 Å². The van der Waals surface area contributed by atoms with Gasteiger partial charge in [-0.25, -0.2) is 31.9 Å². The first-order valence-electron chi connectivity index (χ1n) is 10.1. The lowest BCUT2D eigenvalue weighted by atomic mass is 9.91. The van der Waals surface area contributed by atoms with Crippen molar-refractivity contribution in [3.05, 3.63) is 89.3 Å². The maximum absolute atomic E-state index is 15.0. The molecule has 1 aliphatic heterocycles. The van der Waals surface area contributed by atoms with Crippen molar-refractivity contribution in [3.8, 4) is 0 Å². The third kappa shape index (κ3) is 3.82. The third-order valence-electron chi connectivity index (χ3n) is 5.43. The second kappa shape index (κ2) is 7.96. The Labute approximate surface area is 188 Å². The molecule has 10 heteroatoms. The van der Waals surface area contributed by atoms with Crippen molar-refractivity contribution in [2.24, 2.45) is 4.99 Å². The minimum Gasteiger partial charge on any atom is -0.439 e. The normalized spacial score (nSPS) is 16.8. The molecule has 1 unspecified atom stereocenters. The van der Waals surface area contributed by atoms with Crippen LogP contribution < -0.4 is 10.0 Å². The molecule has 0 saturated heterocycles. The summed E-state index contributed by atoms with van der Waals surface area (Å²) in [6.07, 6.45) is 0. The highest BCUT2D eigenvalue weighted by Crippen LogP contribution is 2.38. The number of aliphatic imine (C=N–C) groups is 1. The smallest absolute Gasteiger partial charge is 0.266 e. The summed E-state index contributed by atoms with van der Waals surface area (Å²) in [5.41, 5.74) is 1.52. The van der Waals surface area contributed by atoms with E-state index in [1.165, 1.54) is 18.2 Å². The third-order valence-corrected chi connectivity index (χ3v) is 6.81. The Balaban J connectivity index is 1.54. The van der Waals surface area contributed by atoms with Gasteiger partial charge in [0.1, 0.15) is 28.6 Å². The lowest BCUT2D eigenvalue weighted by molar-refractivity contribution is 0.533. The van der Waals surface area contributed by atoms with Gasteiger partial charge in [-0.3, -0.25) is 0 Å². The van der Waals surface area contributed by atoms with Crippen molar-refractivity contribution in [1.29, 1.82) is 0 Å². The summed E-state index contributed by atoms with van der Waals surface area (Å²) >= 11 is 0. The highest BCUT2D eigenvalue weighted by atomic mass is 32.2. The van der Waals surface area contributed by atoms with Crippen LogP contribution in [-0.4, -0.2) is 19.4 Å². The van der Waals surface area contributed by atoms with Crippen LogP contribution in [0.4, 0.5) is 14.5 Å². The molecule has 3 aromatic carbocycles. The Kier molecular flexibility index (Phi) is 5.09. The molecule has 0 spiro atoms. The van der Waals surface area contributed by atoms with Crippen molar-refractivity contribution in [2.75, 3.05) is 5.32 Å². The van der Waals surface area contributed by atoms with Gasteiger partial charge in [0.25, 0.3) is 10.0 Å². The topological polar surface area (TPSA) is 96.6 Å². The van der Waals surface area contributed by atoms with Gasteiger partial charge in [-0.05, 0) is 35.9 Å². The monoisotopic (exact) mass is 468 g/mol. The molecule has 2 heterocycles. The predicted octanol–water partition coefficient (Wildman–Crippen LogP) is 4.52. The van der Waals surface area contributed by atoms with Crippen LogP contribution >= 0.6 is 0 Å². The lowest BCUT2D eigenvalue weighted by Gasteiger charge is -2.26. The number of nitrogens with zero attached hydrogens (tertiary/aromatic N) is 2. The molecule has 5 rings (SSSR count). The molecule has 0 radical (unpaired) electrons. The summed E-state index contributed by atoms with van der Waals surface area (Å²) < 4.78 is 63.0. The van der Waals surface area contributed by atoms with E-state index < -0.39 is 27.6 Å². The van der Waals surface area contributed by atoms with E-state index in [-0.39, 0.29) is 40.1 Å².